The minimum absolute atomic E-state index is 0.471. The van der Waals surface area contributed by atoms with Crippen molar-refractivity contribution < 1.29 is 0 Å². The molecule has 0 unspecified atom stereocenters. The lowest BCUT2D eigenvalue weighted by molar-refractivity contribution is 0.733. The smallest absolute Gasteiger partial charge is 0.132 e. The molecule has 0 aliphatic heterocycles. The molecule has 3 heteroatoms. The SMILES string of the molecule is C#CCn1c(CCC)nc(-c2cccc(C)c2C)c1N. The number of aryl methyl sites for hydroxylation is 2. The maximum Gasteiger partial charge on any atom is 0.132 e. The highest BCUT2D eigenvalue weighted by Crippen LogP contribution is 2.30. The van der Waals surface area contributed by atoms with E-state index in [-0.39, 0.29) is 0 Å². The average molecular weight is 267 g/mol. The molecule has 2 rings (SSSR count). The summed E-state index contributed by atoms with van der Waals surface area (Å²) < 4.78 is 1.95. The Bertz CT molecular complexity index is 660. The Balaban J connectivity index is 2.60. The monoisotopic (exact) mass is 267 g/mol. The Morgan fingerprint density at radius 2 is 2.10 bits per heavy atom. The summed E-state index contributed by atoms with van der Waals surface area (Å²) in [4.78, 5) is 4.73. The number of nitrogens with zero attached hydrogens (tertiary/aromatic N) is 2. The van der Waals surface area contributed by atoms with Gasteiger partial charge in [0.15, 0.2) is 0 Å². The molecule has 2 N–H and O–H groups in total. The van der Waals surface area contributed by atoms with Crippen molar-refractivity contribution >= 4 is 5.82 Å². The van der Waals surface area contributed by atoms with Gasteiger partial charge in [-0.2, -0.15) is 0 Å². The van der Waals surface area contributed by atoms with Crippen LogP contribution in [0.5, 0.6) is 0 Å². The number of hydrogen-bond acceptors (Lipinski definition) is 2. The molecule has 0 saturated heterocycles. The van der Waals surface area contributed by atoms with E-state index < -0.39 is 0 Å². The lowest BCUT2D eigenvalue weighted by atomic mass is 10.0. The maximum absolute atomic E-state index is 6.28. The van der Waals surface area contributed by atoms with E-state index in [4.69, 9.17) is 17.1 Å². The number of aromatic nitrogens is 2. The largest absolute Gasteiger partial charge is 0.383 e. The summed E-state index contributed by atoms with van der Waals surface area (Å²) >= 11 is 0. The molecule has 1 heterocycles. The zero-order chi connectivity index (χ0) is 14.7. The van der Waals surface area contributed by atoms with Crippen LogP contribution >= 0.6 is 0 Å². The second-order valence-corrected chi connectivity index (χ2v) is 5.05. The van der Waals surface area contributed by atoms with Crippen molar-refractivity contribution in [2.24, 2.45) is 0 Å². The van der Waals surface area contributed by atoms with Crippen molar-refractivity contribution in [1.82, 2.24) is 9.55 Å². The number of imidazole rings is 1. The lowest BCUT2D eigenvalue weighted by Gasteiger charge is -2.08. The number of terminal acetylenes is 1. The van der Waals surface area contributed by atoms with E-state index in [1.54, 1.807) is 0 Å². The molecule has 1 aromatic heterocycles. The standard InChI is InChI=1S/C17H21N3/c1-5-8-15-19-16(17(18)20(15)11-6-2)14-10-7-9-12(3)13(14)4/h2,7,9-10H,5,8,11,18H2,1,3-4H3. The van der Waals surface area contributed by atoms with Crippen LogP contribution in [0.1, 0.15) is 30.3 Å². The zero-order valence-electron chi connectivity index (χ0n) is 12.4. The number of nitrogens with two attached hydrogens (primary N) is 1. The first-order chi connectivity index (χ1) is 9.60. The van der Waals surface area contributed by atoms with E-state index in [2.05, 4.69) is 38.8 Å². The zero-order valence-corrected chi connectivity index (χ0v) is 12.4. The van der Waals surface area contributed by atoms with Crippen LogP contribution < -0.4 is 5.73 Å². The summed E-state index contributed by atoms with van der Waals surface area (Å²) in [7, 11) is 0. The summed E-state index contributed by atoms with van der Waals surface area (Å²) in [6.45, 7) is 6.80. The van der Waals surface area contributed by atoms with Gasteiger partial charge in [0.1, 0.15) is 17.3 Å². The molecule has 1 aromatic carbocycles. The highest BCUT2D eigenvalue weighted by Gasteiger charge is 2.16. The third-order valence-electron chi connectivity index (χ3n) is 3.67. The van der Waals surface area contributed by atoms with E-state index in [0.717, 1.165) is 29.9 Å². The van der Waals surface area contributed by atoms with E-state index in [1.807, 2.05) is 10.6 Å². The van der Waals surface area contributed by atoms with Gasteiger partial charge in [-0.15, -0.1) is 6.42 Å². The number of anilines is 1. The molecule has 0 bridgehead atoms. The minimum Gasteiger partial charge on any atom is -0.383 e. The third-order valence-corrected chi connectivity index (χ3v) is 3.67. The van der Waals surface area contributed by atoms with Gasteiger partial charge in [-0.1, -0.05) is 31.0 Å². The molecule has 0 radical (unpaired) electrons. The molecular formula is C17H21N3. The number of rotatable bonds is 4. The van der Waals surface area contributed by atoms with Crippen molar-refractivity contribution in [2.75, 3.05) is 5.73 Å². The second-order valence-electron chi connectivity index (χ2n) is 5.05. The number of benzene rings is 1. The summed E-state index contributed by atoms with van der Waals surface area (Å²) in [6, 6.07) is 6.20. The predicted octanol–water partition coefficient (Wildman–Crippen LogP) is 3.33. The van der Waals surface area contributed by atoms with Crippen LogP contribution in [0.3, 0.4) is 0 Å². The molecule has 104 valence electrons. The van der Waals surface area contributed by atoms with E-state index >= 15 is 0 Å². The first-order valence-electron chi connectivity index (χ1n) is 6.95. The molecular weight excluding hydrogens is 246 g/mol. The quantitative estimate of drug-likeness (QED) is 0.863. The fourth-order valence-corrected chi connectivity index (χ4v) is 2.40. The maximum atomic E-state index is 6.28. The third kappa shape index (κ3) is 2.42. The van der Waals surface area contributed by atoms with E-state index in [9.17, 15) is 0 Å². The summed E-state index contributed by atoms with van der Waals surface area (Å²) in [6.07, 6.45) is 7.35. The average Bonchev–Trinajstić information content (AvgIpc) is 2.72. The van der Waals surface area contributed by atoms with Crippen LogP contribution in [-0.4, -0.2) is 9.55 Å². The van der Waals surface area contributed by atoms with Gasteiger partial charge >= 0.3 is 0 Å². The molecule has 0 aliphatic rings. The van der Waals surface area contributed by atoms with Crippen molar-refractivity contribution in [2.45, 2.75) is 40.2 Å². The summed E-state index contributed by atoms with van der Waals surface area (Å²) in [5.41, 5.74) is 10.7. The van der Waals surface area contributed by atoms with Crippen LogP contribution in [0.25, 0.3) is 11.3 Å². The molecule has 20 heavy (non-hydrogen) atoms. The van der Waals surface area contributed by atoms with Crippen LogP contribution in [0.2, 0.25) is 0 Å². The van der Waals surface area contributed by atoms with Gasteiger partial charge in [0.05, 0.1) is 6.54 Å². The van der Waals surface area contributed by atoms with Crippen LogP contribution in [-0.2, 0) is 13.0 Å². The van der Waals surface area contributed by atoms with Gasteiger partial charge in [-0.3, -0.25) is 0 Å². The molecule has 0 spiro atoms. The number of nitrogen functional groups attached to an aromatic ring is 1. The second kappa shape index (κ2) is 5.83. The Morgan fingerprint density at radius 3 is 2.75 bits per heavy atom. The number of hydrogen-bond donors (Lipinski definition) is 1. The van der Waals surface area contributed by atoms with Crippen LogP contribution in [0.15, 0.2) is 18.2 Å². The molecule has 2 aromatic rings. The Hall–Kier alpha value is -2.21. The van der Waals surface area contributed by atoms with Crippen molar-refractivity contribution in [1.29, 1.82) is 0 Å². The predicted molar refractivity (Wildman–Crippen MR) is 84.4 cm³/mol. The van der Waals surface area contributed by atoms with Gasteiger partial charge in [0.25, 0.3) is 0 Å². The normalized spacial score (nSPS) is 10.5. The molecule has 0 saturated carbocycles. The van der Waals surface area contributed by atoms with E-state index in [1.165, 1.54) is 11.1 Å². The van der Waals surface area contributed by atoms with Crippen LogP contribution in [0.4, 0.5) is 5.82 Å². The summed E-state index contributed by atoms with van der Waals surface area (Å²) in [5, 5.41) is 0. The Morgan fingerprint density at radius 1 is 1.35 bits per heavy atom. The summed E-state index contributed by atoms with van der Waals surface area (Å²) in [5.74, 6) is 4.30. The first kappa shape index (κ1) is 14.2. The van der Waals surface area contributed by atoms with Gasteiger partial charge in [-0.05, 0) is 31.4 Å². The van der Waals surface area contributed by atoms with Crippen molar-refractivity contribution in [3.8, 4) is 23.6 Å². The van der Waals surface area contributed by atoms with Gasteiger partial charge in [-0.25, -0.2) is 4.98 Å². The first-order valence-corrected chi connectivity index (χ1v) is 6.95. The highest BCUT2D eigenvalue weighted by atomic mass is 15.1. The van der Waals surface area contributed by atoms with Crippen LogP contribution in [0, 0.1) is 26.2 Å². The minimum atomic E-state index is 0.471. The molecule has 3 nitrogen and oxygen atoms in total. The molecule has 0 aliphatic carbocycles. The fraction of sp³-hybridized carbons (Fsp3) is 0.353. The highest BCUT2D eigenvalue weighted by molar-refractivity contribution is 5.74. The fourth-order valence-electron chi connectivity index (χ4n) is 2.40. The van der Waals surface area contributed by atoms with Gasteiger partial charge in [0, 0.05) is 12.0 Å². The molecule has 0 atom stereocenters. The van der Waals surface area contributed by atoms with Crippen molar-refractivity contribution in [3.05, 3.63) is 35.2 Å². The van der Waals surface area contributed by atoms with Gasteiger partial charge in [0.2, 0.25) is 0 Å². The van der Waals surface area contributed by atoms with Gasteiger partial charge < -0.3 is 10.3 Å². The topological polar surface area (TPSA) is 43.8 Å². The Kier molecular flexibility index (Phi) is 4.14. The van der Waals surface area contributed by atoms with E-state index in [0.29, 0.717) is 12.4 Å². The molecule has 0 amide bonds. The van der Waals surface area contributed by atoms with Crippen molar-refractivity contribution in [3.63, 3.8) is 0 Å². The lowest BCUT2D eigenvalue weighted by Crippen LogP contribution is -2.06. The Labute approximate surface area is 120 Å². The molecule has 0 fully saturated rings.